The highest BCUT2D eigenvalue weighted by Crippen LogP contribution is 2.09. The molecule has 0 fully saturated rings. The summed E-state index contributed by atoms with van der Waals surface area (Å²) in [4.78, 5) is 11.4. The topological polar surface area (TPSA) is 50.4 Å². The molecule has 1 unspecified atom stereocenters. The number of ketones is 1. The van der Waals surface area contributed by atoms with E-state index < -0.39 is 6.10 Å². The van der Waals surface area contributed by atoms with Crippen LogP contribution < -0.4 is 0 Å². The van der Waals surface area contributed by atoms with Crippen LogP contribution in [0.25, 0.3) is 0 Å². The van der Waals surface area contributed by atoms with Crippen LogP contribution in [0.5, 0.6) is 0 Å². The van der Waals surface area contributed by atoms with E-state index in [1.54, 1.807) is 12.1 Å². The normalized spacial score (nSPS) is 12.8. The molecule has 1 aromatic heterocycles. The van der Waals surface area contributed by atoms with Gasteiger partial charge in [0.2, 0.25) is 5.78 Å². The largest absolute Gasteiger partial charge is 0.461 e. The van der Waals surface area contributed by atoms with Gasteiger partial charge in [-0.25, -0.2) is 0 Å². The molecule has 1 N–H and O–H groups in total. The average molecular weight is 182 g/mol. The number of carbonyl (C=O) groups is 1. The molecule has 0 aliphatic rings. The third-order valence-electron chi connectivity index (χ3n) is 1.90. The summed E-state index contributed by atoms with van der Waals surface area (Å²) in [5.41, 5.74) is 0. The van der Waals surface area contributed by atoms with Crippen molar-refractivity contribution in [3.05, 3.63) is 24.2 Å². The molecule has 1 aromatic rings. The van der Waals surface area contributed by atoms with E-state index >= 15 is 0 Å². The van der Waals surface area contributed by atoms with E-state index in [1.807, 2.05) is 6.92 Å². The maximum atomic E-state index is 11.4. The molecular weight excluding hydrogens is 168 g/mol. The number of Topliss-reactive ketones (excluding diaryl/α,β-unsaturated/α-hetero) is 1. The van der Waals surface area contributed by atoms with Crippen molar-refractivity contribution in [2.24, 2.45) is 0 Å². The van der Waals surface area contributed by atoms with Gasteiger partial charge in [0.1, 0.15) is 6.10 Å². The maximum absolute atomic E-state index is 11.4. The molecular formula is C10H14O3. The average Bonchev–Trinajstić information content (AvgIpc) is 2.65. The third-order valence-corrected chi connectivity index (χ3v) is 1.90. The number of unbranched alkanes of at least 4 members (excludes halogenated alkanes) is 1. The monoisotopic (exact) mass is 182 g/mol. The predicted octanol–water partition coefficient (Wildman–Crippen LogP) is 2.01. The minimum Gasteiger partial charge on any atom is -0.461 e. The predicted molar refractivity (Wildman–Crippen MR) is 48.6 cm³/mol. The van der Waals surface area contributed by atoms with E-state index in [-0.39, 0.29) is 11.5 Å². The van der Waals surface area contributed by atoms with Crippen molar-refractivity contribution < 1.29 is 14.3 Å². The van der Waals surface area contributed by atoms with Crippen molar-refractivity contribution in [2.45, 2.75) is 32.3 Å². The van der Waals surface area contributed by atoms with E-state index in [0.717, 1.165) is 12.8 Å². The Hall–Kier alpha value is -1.09. The molecule has 72 valence electrons. The van der Waals surface area contributed by atoms with Gasteiger partial charge < -0.3 is 9.52 Å². The quantitative estimate of drug-likeness (QED) is 0.708. The molecule has 13 heavy (non-hydrogen) atoms. The Morgan fingerprint density at radius 3 is 3.00 bits per heavy atom. The summed E-state index contributed by atoms with van der Waals surface area (Å²) >= 11 is 0. The molecule has 1 atom stereocenters. The van der Waals surface area contributed by atoms with Crippen LogP contribution in [-0.4, -0.2) is 17.0 Å². The molecule has 0 spiro atoms. The molecule has 1 heterocycles. The Labute approximate surface area is 77.4 Å². The molecule has 0 aromatic carbocycles. The van der Waals surface area contributed by atoms with Gasteiger partial charge in [0, 0.05) is 0 Å². The second-order valence-electron chi connectivity index (χ2n) is 3.00. The Morgan fingerprint density at radius 1 is 1.69 bits per heavy atom. The van der Waals surface area contributed by atoms with Gasteiger partial charge in [-0.1, -0.05) is 19.8 Å². The molecule has 0 bridgehead atoms. The SMILES string of the molecule is CCCCC(O)C(=O)c1ccco1. The summed E-state index contributed by atoms with van der Waals surface area (Å²) in [6, 6.07) is 3.21. The second kappa shape index (κ2) is 4.82. The first-order valence-electron chi connectivity index (χ1n) is 4.51. The third kappa shape index (κ3) is 2.70. The van der Waals surface area contributed by atoms with Crippen LogP contribution in [0.4, 0.5) is 0 Å². The smallest absolute Gasteiger partial charge is 0.226 e. The van der Waals surface area contributed by atoms with Crippen molar-refractivity contribution >= 4 is 5.78 Å². The van der Waals surface area contributed by atoms with Gasteiger partial charge in [-0.05, 0) is 18.6 Å². The summed E-state index contributed by atoms with van der Waals surface area (Å²) in [5.74, 6) is -0.0814. The molecule has 0 saturated heterocycles. The Morgan fingerprint density at radius 2 is 2.46 bits per heavy atom. The highest BCUT2D eigenvalue weighted by Gasteiger charge is 2.18. The van der Waals surface area contributed by atoms with Crippen molar-refractivity contribution in [1.29, 1.82) is 0 Å². The van der Waals surface area contributed by atoms with Crippen LogP contribution in [0.2, 0.25) is 0 Å². The van der Waals surface area contributed by atoms with Crippen molar-refractivity contribution in [2.75, 3.05) is 0 Å². The molecule has 1 rings (SSSR count). The van der Waals surface area contributed by atoms with Gasteiger partial charge >= 0.3 is 0 Å². The number of furan rings is 1. The van der Waals surface area contributed by atoms with Crippen molar-refractivity contribution in [1.82, 2.24) is 0 Å². The number of hydrogen-bond donors (Lipinski definition) is 1. The lowest BCUT2D eigenvalue weighted by molar-refractivity contribution is 0.0697. The molecule has 0 aliphatic heterocycles. The van der Waals surface area contributed by atoms with E-state index in [1.165, 1.54) is 6.26 Å². The number of aliphatic hydroxyl groups is 1. The fourth-order valence-corrected chi connectivity index (χ4v) is 1.11. The zero-order valence-corrected chi connectivity index (χ0v) is 7.69. The van der Waals surface area contributed by atoms with Gasteiger partial charge in [-0.3, -0.25) is 4.79 Å². The number of rotatable bonds is 5. The zero-order chi connectivity index (χ0) is 9.68. The molecule has 0 amide bonds. The summed E-state index contributed by atoms with van der Waals surface area (Å²) < 4.78 is 4.89. The molecule has 3 nitrogen and oxygen atoms in total. The van der Waals surface area contributed by atoms with Crippen LogP contribution in [0.15, 0.2) is 22.8 Å². The summed E-state index contributed by atoms with van der Waals surface area (Å²) in [5, 5.41) is 9.41. The number of hydrogen-bond acceptors (Lipinski definition) is 3. The Kier molecular flexibility index (Phi) is 3.71. The van der Waals surface area contributed by atoms with E-state index in [0.29, 0.717) is 6.42 Å². The van der Waals surface area contributed by atoms with Crippen LogP contribution in [0.1, 0.15) is 36.7 Å². The van der Waals surface area contributed by atoms with Crippen molar-refractivity contribution in [3.63, 3.8) is 0 Å². The number of aliphatic hydroxyl groups excluding tert-OH is 1. The zero-order valence-electron chi connectivity index (χ0n) is 7.69. The lowest BCUT2D eigenvalue weighted by Gasteiger charge is -2.05. The van der Waals surface area contributed by atoms with Crippen LogP contribution >= 0.6 is 0 Å². The fourth-order valence-electron chi connectivity index (χ4n) is 1.11. The van der Waals surface area contributed by atoms with E-state index in [9.17, 15) is 9.90 Å². The summed E-state index contributed by atoms with van der Waals surface area (Å²) in [6.07, 6.45) is 2.86. The van der Waals surface area contributed by atoms with Gasteiger partial charge in [0.15, 0.2) is 5.76 Å². The minimum absolute atomic E-state index is 0.239. The second-order valence-corrected chi connectivity index (χ2v) is 3.00. The van der Waals surface area contributed by atoms with Gasteiger partial charge in [0.05, 0.1) is 6.26 Å². The standard InChI is InChI=1S/C10H14O3/c1-2-3-5-8(11)10(12)9-6-4-7-13-9/h4,6-8,11H,2-3,5H2,1H3. The lowest BCUT2D eigenvalue weighted by Crippen LogP contribution is -2.19. The maximum Gasteiger partial charge on any atom is 0.226 e. The van der Waals surface area contributed by atoms with Gasteiger partial charge in [-0.2, -0.15) is 0 Å². The molecule has 3 heteroatoms. The molecule has 0 aliphatic carbocycles. The minimum atomic E-state index is -0.911. The highest BCUT2D eigenvalue weighted by atomic mass is 16.3. The van der Waals surface area contributed by atoms with Crippen LogP contribution in [0.3, 0.4) is 0 Å². The molecule has 0 radical (unpaired) electrons. The first-order chi connectivity index (χ1) is 6.25. The van der Waals surface area contributed by atoms with E-state index in [4.69, 9.17) is 4.42 Å². The first kappa shape index (κ1) is 9.99. The van der Waals surface area contributed by atoms with Crippen LogP contribution in [0, 0.1) is 0 Å². The Bertz CT molecular complexity index is 251. The van der Waals surface area contributed by atoms with Gasteiger partial charge in [-0.15, -0.1) is 0 Å². The highest BCUT2D eigenvalue weighted by molar-refractivity contribution is 5.96. The first-order valence-corrected chi connectivity index (χ1v) is 4.51. The Balaban J connectivity index is 2.48. The number of carbonyl (C=O) groups excluding carboxylic acids is 1. The lowest BCUT2D eigenvalue weighted by atomic mass is 10.1. The summed E-state index contributed by atoms with van der Waals surface area (Å²) in [6.45, 7) is 2.02. The van der Waals surface area contributed by atoms with Crippen LogP contribution in [-0.2, 0) is 0 Å². The summed E-state index contributed by atoms with van der Waals surface area (Å²) in [7, 11) is 0. The van der Waals surface area contributed by atoms with Crippen molar-refractivity contribution in [3.8, 4) is 0 Å². The van der Waals surface area contributed by atoms with E-state index in [2.05, 4.69) is 0 Å². The fraction of sp³-hybridized carbons (Fsp3) is 0.500. The van der Waals surface area contributed by atoms with Gasteiger partial charge in [0.25, 0.3) is 0 Å². The molecule has 0 saturated carbocycles.